The molecule has 0 spiro atoms. The molecule has 0 bridgehead atoms. The van der Waals surface area contributed by atoms with Gasteiger partial charge in [-0.2, -0.15) is 0 Å². The molecule has 0 radical (unpaired) electrons. The number of fused-ring (bicyclic) bond motifs is 1. The number of benzene rings is 1. The smallest absolute Gasteiger partial charge is 0.0348 e. The molecule has 1 fully saturated rings. The van der Waals surface area contributed by atoms with E-state index in [1.54, 1.807) is 4.88 Å². The van der Waals surface area contributed by atoms with Gasteiger partial charge in [0.2, 0.25) is 0 Å². The van der Waals surface area contributed by atoms with Crippen molar-refractivity contribution >= 4 is 21.4 Å². The second kappa shape index (κ2) is 4.79. The Morgan fingerprint density at radius 3 is 2.94 bits per heavy atom. The Bertz CT molecular complexity index is 509. The van der Waals surface area contributed by atoms with Crippen molar-refractivity contribution in [2.24, 2.45) is 0 Å². The molecule has 2 aromatic rings. The first kappa shape index (κ1) is 11.2. The van der Waals surface area contributed by atoms with Gasteiger partial charge in [-0.3, -0.25) is 0 Å². The van der Waals surface area contributed by atoms with Crippen LogP contribution in [-0.2, 0) is 6.42 Å². The second-order valence-electron chi connectivity index (χ2n) is 5.00. The van der Waals surface area contributed by atoms with Gasteiger partial charge in [-0.05, 0) is 49.7 Å². The van der Waals surface area contributed by atoms with Gasteiger partial charge in [0.15, 0.2) is 0 Å². The number of aryl methyl sites for hydroxylation is 1. The van der Waals surface area contributed by atoms with E-state index >= 15 is 0 Å². The van der Waals surface area contributed by atoms with Gasteiger partial charge in [0.25, 0.3) is 0 Å². The van der Waals surface area contributed by atoms with E-state index in [4.69, 9.17) is 0 Å². The summed E-state index contributed by atoms with van der Waals surface area (Å²) >= 11 is 1.98. The van der Waals surface area contributed by atoms with E-state index in [0.717, 1.165) is 0 Å². The summed E-state index contributed by atoms with van der Waals surface area (Å²) in [6, 6.07) is 9.48. The molecule has 0 amide bonds. The zero-order valence-electron chi connectivity index (χ0n) is 10.3. The molecule has 2 heterocycles. The standard InChI is InChI=1S/C15H19NS/c1-11-13-7-2-3-8-14(13)17-15(11)10-12-6-4-5-9-16-12/h2-3,7-8,12,16H,4-6,9-10H2,1H3. The molecule has 1 aromatic heterocycles. The van der Waals surface area contributed by atoms with Crippen LogP contribution >= 0.6 is 11.3 Å². The lowest BCUT2D eigenvalue weighted by molar-refractivity contribution is 0.400. The summed E-state index contributed by atoms with van der Waals surface area (Å²) in [6.07, 6.45) is 5.29. The summed E-state index contributed by atoms with van der Waals surface area (Å²) in [5, 5.41) is 5.09. The first-order valence-corrected chi connectivity index (χ1v) is 7.36. The minimum Gasteiger partial charge on any atom is -0.314 e. The van der Waals surface area contributed by atoms with Crippen LogP contribution in [0.1, 0.15) is 29.7 Å². The molecule has 17 heavy (non-hydrogen) atoms. The maximum Gasteiger partial charge on any atom is 0.0348 e. The van der Waals surface area contributed by atoms with Crippen molar-refractivity contribution in [3.8, 4) is 0 Å². The molecule has 0 saturated carbocycles. The summed E-state index contributed by atoms with van der Waals surface area (Å²) in [6.45, 7) is 3.48. The predicted octanol–water partition coefficient (Wildman–Crippen LogP) is 3.89. The van der Waals surface area contributed by atoms with Crippen molar-refractivity contribution in [3.05, 3.63) is 34.7 Å². The van der Waals surface area contributed by atoms with Crippen LogP contribution in [0.5, 0.6) is 0 Å². The largest absolute Gasteiger partial charge is 0.314 e. The minimum atomic E-state index is 0.704. The van der Waals surface area contributed by atoms with Gasteiger partial charge in [-0.25, -0.2) is 0 Å². The van der Waals surface area contributed by atoms with E-state index in [1.165, 1.54) is 47.9 Å². The first-order valence-electron chi connectivity index (χ1n) is 6.55. The lowest BCUT2D eigenvalue weighted by atomic mass is 9.99. The van der Waals surface area contributed by atoms with Crippen LogP contribution in [0.25, 0.3) is 10.1 Å². The highest BCUT2D eigenvalue weighted by Gasteiger charge is 2.16. The lowest BCUT2D eigenvalue weighted by Crippen LogP contribution is -2.35. The summed E-state index contributed by atoms with van der Waals surface area (Å²) in [4.78, 5) is 1.57. The van der Waals surface area contributed by atoms with Crippen LogP contribution in [0.15, 0.2) is 24.3 Å². The highest BCUT2D eigenvalue weighted by atomic mass is 32.1. The molecule has 90 valence electrons. The maximum atomic E-state index is 3.65. The molecule has 2 heteroatoms. The van der Waals surface area contributed by atoms with Crippen molar-refractivity contribution in [2.75, 3.05) is 6.54 Å². The first-order chi connectivity index (χ1) is 8.34. The Balaban J connectivity index is 1.87. The molecule has 1 aliphatic rings. The van der Waals surface area contributed by atoms with Gasteiger partial charge in [-0.15, -0.1) is 11.3 Å². The maximum absolute atomic E-state index is 3.65. The summed E-state index contributed by atoms with van der Waals surface area (Å²) < 4.78 is 1.44. The quantitative estimate of drug-likeness (QED) is 0.846. The molecule has 3 rings (SSSR count). The highest BCUT2D eigenvalue weighted by molar-refractivity contribution is 7.19. The molecular weight excluding hydrogens is 226 g/mol. The summed E-state index contributed by atoms with van der Waals surface area (Å²) in [7, 11) is 0. The molecule has 1 N–H and O–H groups in total. The number of hydrogen-bond donors (Lipinski definition) is 1. The molecule has 1 aromatic carbocycles. The zero-order valence-corrected chi connectivity index (χ0v) is 11.1. The molecule has 1 unspecified atom stereocenters. The van der Waals surface area contributed by atoms with Crippen molar-refractivity contribution in [1.29, 1.82) is 0 Å². The van der Waals surface area contributed by atoms with Gasteiger partial charge in [0.1, 0.15) is 0 Å². The number of thiophene rings is 1. The van der Waals surface area contributed by atoms with Crippen LogP contribution in [-0.4, -0.2) is 12.6 Å². The van der Waals surface area contributed by atoms with Crippen LogP contribution in [0.2, 0.25) is 0 Å². The molecule has 1 saturated heterocycles. The van der Waals surface area contributed by atoms with Gasteiger partial charge in [-0.1, -0.05) is 24.6 Å². The number of hydrogen-bond acceptors (Lipinski definition) is 2. The molecule has 1 atom stereocenters. The van der Waals surface area contributed by atoms with E-state index in [2.05, 4.69) is 36.5 Å². The normalized spacial score (nSPS) is 20.9. The topological polar surface area (TPSA) is 12.0 Å². The summed E-state index contributed by atoms with van der Waals surface area (Å²) in [5.41, 5.74) is 1.50. The van der Waals surface area contributed by atoms with E-state index in [-0.39, 0.29) is 0 Å². The fourth-order valence-corrected chi connectivity index (χ4v) is 4.03. The van der Waals surface area contributed by atoms with E-state index in [9.17, 15) is 0 Å². The predicted molar refractivity (Wildman–Crippen MR) is 75.9 cm³/mol. The molecule has 1 aliphatic heterocycles. The SMILES string of the molecule is Cc1c(CC2CCCCN2)sc2ccccc12. The van der Waals surface area contributed by atoms with E-state index in [0.29, 0.717) is 6.04 Å². The zero-order chi connectivity index (χ0) is 11.7. The van der Waals surface area contributed by atoms with Crippen molar-refractivity contribution < 1.29 is 0 Å². The number of piperidine rings is 1. The van der Waals surface area contributed by atoms with Crippen molar-refractivity contribution in [3.63, 3.8) is 0 Å². The monoisotopic (exact) mass is 245 g/mol. The van der Waals surface area contributed by atoms with Gasteiger partial charge in [0, 0.05) is 15.6 Å². The minimum absolute atomic E-state index is 0.704. The Labute approximate surface area is 107 Å². The molecule has 1 nitrogen and oxygen atoms in total. The molecule has 0 aliphatic carbocycles. The third-order valence-corrected chi connectivity index (χ3v) is 5.08. The summed E-state index contributed by atoms with van der Waals surface area (Å²) in [5.74, 6) is 0. The van der Waals surface area contributed by atoms with Crippen molar-refractivity contribution in [2.45, 2.75) is 38.6 Å². The van der Waals surface area contributed by atoms with Gasteiger partial charge < -0.3 is 5.32 Å². The van der Waals surface area contributed by atoms with Crippen LogP contribution in [0.4, 0.5) is 0 Å². The van der Waals surface area contributed by atoms with Crippen molar-refractivity contribution in [1.82, 2.24) is 5.32 Å². The number of nitrogens with one attached hydrogen (secondary N) is 1. The average Bonchev–Trinajstić information content (AvgIpc) is 2.68. The van der Waals surface area contributed by atoms with Crippen LogP contribution in [0.3, 0.4) is 0 Å². The average molecular weight is 245 g/mol. The third kappa shape index (κ3) is 2.24. The van der Waals surface area contributed by atoms with Crippen LogP contribution in [0, 0.1) is 6.92 Å². The number of rotatable bonds is 2. The lowest BCUT2D eigenvalue weighted by Gasteiger charge is -2.23. The second-order valence-corrected chi connectivity index (χ2v) is 6.13. The van der Waals surface area contributed by atoms with E-state index < -0.39 is 0 Å². The Morgan fingerprint density at radius 1 is 1.29 bits per heavy atom. The van der Waals surface area contributed by atoms with Gasteiger partial charge in [0.05, 0.1) is 0 Å². The third-order valence-electron chi connectivity index (χ3n) is 3.79. The van der Waals surface area contributed by atoms with Gasteiger partial charge >= 0.3 is 0 Å². The fourth-order valence-electron chi connectivity index (χ4n) is 2.74. The van der Waals surface area contributed by atoms with E-state index in [1.807, 2.05) is 11.3 Å². The molecular formula is C15H19NS. The Kier molecular flexibility index (Phi) is 3.17. The van der Waals surface area contributed by atoms with Crippen LogP contribution < -0.4 is 5.32 Å². The Hall–Kier alpha value is -0.860. The highest BCUT2D eigenvalue weighted by Crippen LogP contribution is 2.32. The Morgan fingerprint density at radius 2 is 2.18 bits per heavy atom. The fraction of sp³-hybridized carbons (Fsp3) is 0.467.